The van der Waals surface area contributed by atoms with Crippen LogP contribution in [0.2, 0.25) is 0 Å². The smallest absolute Gasteiger partial charge is 0.204 e. The molecule has 1 unspecified atom stereocenters. The fourth-order valence-corrected chi connectivity index (χ4v) is 2.45. The SMILES string of the molecule is COc1ccc(F)c(F)c1CN1CCOC(c2nn[nH]n2)C1. The van der Waals surface area contributed by atoms with Crippen LogP contribution >= 0.6 is 0 Å². The van der Waals surface area contributed by atoms with E-state index in [0.29, 0.717) is 31.3 Å². The van der Waals surface area contributed by atoms with E-state index in [1.807, 2.05) is 4.90 Å². The van der Waals surface area contributed by atoms with Crippen molar-refractivity contribution in [3.8, 4) is 5.75 Å². The van der Waals surface area contributed by atoms with Gasteiger partial charge in [0.05, 0.1) is 13.7 Å². The van der Waals surface area contributed by atoms with Crippen molar-refractivity contribution in [3.63, 3.8) is 0 Å². The molecular formula is C13H15F2N5O2. The second-order valence-electron chi connectivity index (χ2n) is 4.91. The highest BCUT2D eigenvalue weighted by atomic mass is 19.2. The van der Waals surface area contributed by atoms with E-state index in [-0.39, 0.29) is 18.2 Å². The van der Waals surface area contributed by atoms with Gasteiger partial charge in [0, 0.05) is 25.2 Å². The van der Waals surface area contributed by atoms with Crippen LogP contribution in [0.1, 0.15) is 17.5 Å². The summed E-state index contributed by atoms with van der Waals surface area (Å²) in [5, 5.41) is 13.6. The van der Waals surface area contributed by atoms with Gasteiger partial charge in [-0.2, -0.15) is 5.21 Å². The van der Waals surface area contributed by atoms with Gasteiger partial charge in [0.25, 0.3) is 0 Å². The molecular weight excluding hydrogens is 296 g/mol. The molecule has 0 aliphatic carbocycles. The number of methoxy groups -OCH3 is 1. The zero-order chi connectivity index (χ0) is 15.5. The molecule has 0 radical (unpaired) electrons. The van der Waals surface area contributed by atoms with Gasteiger partial charge in [-0.1, -0.05) is 5.21 Å². The fourth-order valence-electron chi connectivity index (χ4n) is 2.45. The number of morpholine rings is 1. The number of ether oxygens (including phenoxy) is 2. The number of H-pyrrole nitrogens is 1. The number of nitrogens with one attached hydrogen (secondary N) is 1. The highest BCUT2D eigenvalue weighted by Crippen LogP contribution is 2.27. The van der Waals surface area contributed by atoms with Crippen LogP contribution in [-0.2, 0) is 11.3 Å². The van der Waals surface area contributed by atoms with Crippen molar-refractivity contribution in [1.29, 1.82) is 0 Å². The van der Waals surface area contributed by atoms with Crippen molar-refractivity contribution in [2.45, 2.75) is 12.6 Å². The van der Waals surface area contributed by atoms with E-state index < -0.39 is 11.6 Å². The lowest BCUT2D eigenvalue weighted by molar-refractivity contribution is -0.0376. The summed E-state index contributed by atoms with van der Waals surface area (Å²) in [7, 11) is 1.43. The van der Waals surface area contributed by atoms with Gasteiger partial charge in [-0.15, -0.1) is 10.2 Å². The molecule has 1 aromatic heterocycles. The Morgan fingerprint density at radius 2 is 2.32 bits per heavy atom. The molecule has 118 valence electrons. The molecule has 22 heavy (non-hydrogen) atoms. The van der Waals surface area contributed by atoms with Gasteiger partial charge < -0.3 is 9.47 Å². The zero-order valence-corrected chi connectivity index (χ0v) is 11.9. The molecule has 1 atom stereocenters. The fraction of sp³-hybridized carbons (Fsp3) is 0.462. The summed E-state index contributed by atoms with van der Waals surface area (Å²) in [5.41, 5.74) is 0.191. The lowest BCUT2D eigenvalue weighted by Gasteiger charge is -2.31. The van der Waals surface area contributed by atoms with Crippen LogP contribution in [0.4, 0.5) is 8.78 Å². The van der Waals surface area contributed by atoms with E-state index >= 15 is 0 Å². The van der Waals surface area contributed by atoms with Crippen LogP contribution in [0.15, 0.2) is 12.1 Å². The minimum absolute atomic E-state index is 0.191. The normalized spacial score (nSPS) is 19.3. The van der Waals surface area contributed by atoms with Gasteiger partial charge in [0.2, 0.25) is 5.82 Å². The van der Waals surface area contributed by atoms with Crippen LogP contribution in [0.3, 0.4) is 0 Å². The van der Waals surface area contributed by atoms with Crippen LogP contribution < -0.4 is 4.74 Å². The van der Waals surface area contributed by atoms with E-state index in [2.05, 4.69) is 20.6 Å². The molecule has 0 spiro atoms. The number of aromatic nitrogens is 4. The molecule has 9 heteroatoms. The summed E-state index contributed by atoms with van der Waals surface area (Å²) < 4.78 is 38.2. The number of hydrogen-bond acceptors (Lipinski definition) is 6. The monoisotopic (exact) mass is 311 g/mol. The summed E-state index contributed by atoms with van der Waals surface area (Å²) in [6, 6.07) is 2.48. The summed E-state index contributed by atoms with van der Waals surface area (Å²) in [6.07, 6.45) is -0.352. The molecule has 0 saturated carbocycles. The first-order chi connectivity index (χ1) is 10.7. The van der Waals surface area contributed by atoms with Crippen LogP contribution in [0.25, 0.3) is 0 Å². The number of nitrogens with zero attached hydrogens (tertiary/aromatic N) is 4. The quantitative estimate of drug-likeness (QED) is 0.910. The van der Waals surface area contributed by atoms with Gasteiger partial charge in [-0.05, 0) is 12.1 Å². The third kappa shape index (κ3) is 2.90. The Balaban J connectivity index is 1.77. The summed E-state index contributed by atoms with van der Waals surface area (Å²) in [4.78, 5) is 1.94. The van der Waals surface area contributed by atoms with Crippen molar-refractivity contribution in [3.05, 3.63) is 35.2 Å². The average Bonchev–Trinajstić information content (AvgIpc) is 3.07. The zero-order valence-electron chi connectivity index (χ0n) is 11.9. The maximum atomic E-state index is 14.0. The lowest BCUT2D eigenvalue weighted by Crippen LogP contribution is -2.38. The Labute approximate surface area is 125 Å². The molecule has 1 fully saturated rings. The van der Waals surface area contributed by atoms with Gasteiger partial charge in [-0.25, -0.2) is 8.78 Å². The highest BCUT2D eigenvalue weighted by molar-refractivity contribution is 5.35. The van der Waals surface area contributed by atoms with E-state index in [1.54, 1.807) is 0 Å². The summed E-state index contributed by atoms with van der Waals surface area (Å²) >= 11 is 0. The van der Waals surface area contributed by atoms with Crippen LogP contribution in [0, 0.1) is 11.6 Å². The number of halogens is 2. The van der Waals surface area contributed by atoms with E-state index in [9.17, 15) is 8.78 Å². The van der Waals surface area contributed by atoms with Gasteiger partial charge in [0.15, 0.2) is 11.6 Å². The molecule has 2 heterocycles. The largest absolute Gasteiger partial charge is 0.496 e. The number of benzene rings is 1. The first-order valence-corrected chi connectivity index (χ1v) is 6.77. The molecule has 2 aromatic rings. The van der Waals surface area contributed by atoms with Gasteiger partial charge in [0.1, 0.15) is 11.9 Å². The first-order valence-electron chi connectivity index (χ1n) is 6.77. The Bertz CT molecular complexity index is 638. The predicted molar refractivity (Wildman–Crippen MR) is 71.1 cm³/mol. The van der Waals surface area contributed by atoms with Crippen LogP contribution in [0.5, 0.6) is 5.75 Å². The van der Waals surface area contributed by atoms with Gasteiger partial charge in [-0.3, -0.25) is 4.90 Å². The first kappa shape index (κ1) is 14.8. The second-order valence-corrected chi connectivity index (χ2v) is 4.91. The molecule has 1 aromatic carbocycles. The van der Waals surface area contributed by atoms with E-state index in [1.165, 1.54) is 13.2 Å². The number of rotatable bonds is 4. The Kier molecular flexibility index (Phi) is 4.25. The molecule has 3 rings (SSSR count). The molecule has 1 saturated heterocycles. The Morgan fingerprint density at radius 3 is 3.05 bits per heavy atom. The standard InChI is InChI=1S/C13H15F2N5O2/c1-21-10-3-2-9(14)12(15)8(10)6-20-4-5-22-11(7-20)13-16-18-19-17-13/h2-3,11H,4-7H2,1H3,(H,16,17,18,19). The summed E-state index contributed by atoms with van der Waals surface area (Å²) in [5.74, 6) is -1.02. The van der Waals surface area contributed by atoms with Crippen LogP contribution in [-0.4, -0.2) is 52.3 Å². The number of aromatic amines is 1. The Morgan fingerprint density at radius 1 is 1.45 bits per heavy atom. The molecule has 1 aliphatic rings. The molecule has 0 bridgehead atoms. The van der Waals surface area contributed by atoms with Gasteiger partial charge >= 0.3 is 0 Å². The van der Waals surface area contributed by atoms with Crippen molar-refractivity contribution in [1.82, 2.24) is 25.5 Å². The van der Waals surface area contributed by atoms with Crippen molar-refractivity contribution in [2.75, 3.05) is 26.8 Å². The third-order valence-electron chi connectivity index (χ3n) is 3.56. The van der Waals surface area contributed by atoms with E-state index in [4.69, 9.17) is 9.47 Å². The third-order valence-corrected chi connectivity index (χ3v) is 3.56. The average molecular weight is 311 g/mol. The summed E-state index contributed by atoms with van der Waals surface area (Å²) in [6.45, 7) is 1.70. The molecule has 1 N–H and O–H groups in total. The van der Waals surface area contributed by atoms with Crippen molar-refractivity contribution < 1.29 is 18.3 Å². The van der Waals surface area contributed by atoms with Crippen molar-refractivity contribution in [2.24, 2.45) is 0 Å². The molecule has 7 nitrogen and oxygen atoms in total. The van der Waals surface area contributed by atoms with E-state index in [0.717, 1.165) is 6.07 Å². The lowest BCUT2D eigenvalue weighted by atomic mass is 10.1. The number of hydrogen-bond donors (Lipinski definition) is 1. The highest BCUT2D eigenvalue weighted by Gasteiger charge is 2.27. The Hall–Kier alpha value is -2.13. The molecule has 0 amide bonds. The second kappa shape index (κ2) is 6.32. The minimum Gasteiger partial charge on any atom is -0.496 e. The number of tetrazole rings is 1. The molecule has 1 aliphatic heterocycles. The predicted octanol–water partition coefficient (Wildman–Crippen LogP) is 1.06. The van der Waals surface area contributed by atoms with Crippen molar-refractivity contribution >= 4 is 0 Å². The maximum Gasteiger partial charge on any atom is 0.204 e. The maximum absolute atomic E-state index is 14.0. The minimum atomic E-state index is -0.890. The topological polar surface area (TPSA) is 76.2 Å².